The fourth-order valence-electron chi connectivity index (χ4n) is 2.02. The van der Waals surface area contributed by atoms with Crippen LogP contribution in [0.5, 0.6) is 5.75 Å². The molecule has 2 aromatic rings. The fourth-order valence-corrected chi connectivity index (χ4v) is 2.58. The molecule has 0 aliphatic carbocycles. The van der Waals surface area contributed by atoms with Gasteiger partial charge in [0.25, 0.3) is 5.69 Å². The fraction of sp³-hybridized carbons (Fsp3) is 0.133. The molecule has 0 spiro atoms. The number of amides is 2. The summed E-state index contributed by atoms with van der Waals surface area (Å²) >= 11 is 0. The molecule has 0 aliphatic rings. The standard InChI is InChI=1S/C15H16N4O6S/c1-25-14-9-12(19(21)22)7-8-13(14)17-15(20)16-10-3-5-11(6-4-10)18-26(2,23)24/h3-9,18H,1-2H3,(H2,16,17,20). The SMILES string of the molecule is COc1cc([N+](=O)[O-])ccc1NC(=O)Nc1ccc(NS(C)(=O)=O)cc1. The van der Waals surface area contributed by atoms with Crippen molar-refractivity contribution in [3.8, 4) is 5.75 Å². The average molecular weight is 380 g/mol. The van der Waals surface area contributed by atoms with Gasteiger partial charge < -0.3 is 15.4 Å². The van der Waals surface area contributed by atoms with Gasteiger partial charge in [-0.1, -0.05) is 0 Å². The number of hydrogen-bond donors (Lipinski definition) is 3. The van der Waals surface area contributed by atoms with Crippen LogP contribution in [0.25, 0.3) is 0 Å². The van der Waals surface area contributed by atoms with Crippen LogP contribution in [0.4, 0.5) is 27.5 Å². The van der Waals surface area contributed by atoms with Gasteiger partial charge in [0.05, 0.1) is 30.0 Å². The maximum atomic E-state index is 12.1. The third-order valence-corrected chi connectivity index (χ3v) is 3.70. The second-order valence-corrected chi connectivity index (χ2v) is 6.92. The number of ether oxygens (including phenoxy) is 1. The summed E-state index contributed by atoms with van der Waals surface area (Å²) in [6.07, 6.45) is 1.03. The maximum Gasteiger partial charge on any atom is 0.323 e. The highest BCUT2D eigenvalue weighted by Gasteiger charge is 2.13. The maximum absolute atomic E-state index is 12.1. The Morgan fingerprint density at radius 2 is 1.69 bits per heavy atom. The quantitative estimate of drug-likeness (QED) is 0.520. The first kappa shape index (κ1) is 19.0. The molecule has 0 bridgehead atoms. The molecule has 0 unspecified atom stereocenters. The molecule has 138 valence electrons. The summed E-state index contributed by atoms with van der Waals surface area (Å²) < 4.78 is 29.6. The number of anilines is 3. The zero-order valence-corrected chi connectivity index (χ0v) is 14.7. The number of nitrogens with one attached hydrogen (secondary N) is 3. The molecule has 0 saturated heterocycles. The molecule has 11 heteroatoms. The van der Waals surface area contributed by atoms with Gasteiger partial charge in [-0.25, -0.2) is 13.2 Å². The summed E-state index contributed by atoms with van der Waals surface area (Å²) in [5.74, 6) is 0.141. The number of non-ortho nitro benzene ring substituents is 1. The van der Waals surface area contributed by atoms with Crippen LogP contribution < -0.4 is 20.1 Å². The van der Waals surface area contributed by atoms with E-state index in [1.165, 1.54) is 49.6 Å². The predicted octanol–water partition coefficient (Wildman–Crippen LogP) is 2.62. The topological polar surface area (TPSA) is 140 Å². The van der Waals surface area contributed by atoms with Crippen molar-refractivity contribution in [2.75, 3.05) is 28.7 Å². The van der Waals surface area contributed by atoms with Crippen LogP contribution in [-0.4, -0.2) is 32.7 Å². The molecule has 3 N–H and O–H groups in total. The predicted molar refractivity (Wildman–Crippen MR) is 97.2 cm³/mol. The molecule has 2 amide bonds. The minimum absolute atomic E-state index is 0.141. The highest BCUT2D eigenvalue weighted by atomic mass is 32.2. The minimum atomic E-state index is -3.38. The van der Waals surface area contributed by atoms with E-state index < -0.39 is 21.0 Å². The number of carbonyl (C=O) groups is 1. The highest BCUT2D eigenvalue weighted by Crippen LogP contribution is 2.29. The first-order valence-corrected chi connectivity index (χ1v) is 9.05. The first-order valence-electron chi connectivity index (χ1n) is 7.16. The summed E-state index contributed by atoms with van der Waals surface area (Å²) in [7, 11) is -2.05. The second kappa shape index (κ2) is 7.70. The molecule has 0 saturated carbocycles. The number of sulfonamides is 1. The first-order chi connectivity index (χ1) is 12.2. The molecule has 0 heterocycles. The van der Waals surface area contributed by atoms with E-state index in [4.69, 9.17) is 4.74 Å². The van der Waals surface area contributed by atoms with Crippen LogP contribution in [0.2, 0.25) is 0 Å². The van der Waals surface area contributed by atoms with Crippen LogP contribution in [-0.2, 0) is 10.0 Å². The van der Waals surface area contributed by atoms with Crippen molar-refractivity contribution in [1.29, 1.82) is 0 Å². The Morgan fingerprint density at radius 1 is 1.08 bits per heavy atom. The third kappa shape index (κ3) is 5.34. The van der Waals surface area contributed by atoms with E-state index in [2.05, 4.69) is 15.4 Å². The molecule has 26 heavy (non-hydrogen) atoms. The van der Waals surface area contributed by atoms with E-state index in [0.717, 1.165) is 6.26 Å². The zero-order chi connectivity index (χ0) is 19.3. The number of nitrogens with zero attached hydrogens (tertiary/aromatic N) is 1. The minimum Gasteiger partial charge on any atom is -0.494 e. The van der Waals surface area contributed by atoms with Gasteiger partial charge in [0.15, 0.2) is 0 Å². The van der Waals surface area contributed by atoms with Crippen LogP contribution in [0.3, 0.4) is 0 Å². The number of hydrogen-bond acceptors (Lipinski definition) is 6. The lowest BCUT2D eigenvalue weighted by atomic mass is 10.2. The van der Waals surface area contributed by atoms with Crippen molar-refractivity contribution in [1.82, 2.24) is 0 Å². The van der Waals surface area contributed by atoms with Crippen LogP contribution in [0.15, 0.2) is 42.5 Å². The summed E-state index contributed by atoms with van der Waals surface area (Å²) in [4.78, 5) is 22.3. The molecular formula is C15H16N4O6S. The van der Waals surface area contributed by atoms with Crippen LogP contribution in [0, 0.1) is 10.1 Å². The average Bonchev–Trinajstić information content (AvgIpc) is 2.55. The van der Waals surface area contributed by atoms with Crippen molar-refractivity contribution in [3.05, 3.63) is 52.6 Å². The van der Waals surface area contributed by atoms with E-state index in [9.17, 15) is 23.3 Å². The lowest BCUT2D eigenvalue weighted by Gasteiger charge is -2.11. The van der Waals surface area contributed by atoms with Gasteiger partial charge in [-0.05, 0) is 30.3 Å². The van der Waals surface area contributed by atoms with Crippen molar-refractivity contribution in [2.45, 2.75) is 0 Å². The molecule has 0 fully saturated rings. The molecule has 0 atom stereocenters. The number of nitro benzene ring substituents is 1. The van der Waals surface area contributed by atoms with E-state index in [0.29, 0.717) is 11.4 Å². The second-order valence-electron chi connectivity index (χ2n) is 5.17. The van der Waals surface area contributed by atoms with E-state index in [1.54, 1.807) is 0 Å². The zero-order valence-electron chi connectivity index (χ0n) is 13.8. The number of urea groups is 1. The smallest absolute Gasteiger partial charge is 0.323 e. The van der Waals surface area contributed by atoms with Crippen molar-refractivity contribution in [3.63, 3.8) is 0 Å². The number of benzene rings is 2. The van der Waals surface area contributed by atoms with Crippen LogP contribution >= 0.6 is 0 Å². The van der Waals surface area contributed by atoms with Gasteiger partial charge in [-0.3, -0.25) is 14.8 Å². The largest absolute Gasteiger partial charge is 0.494 e. The number of nitro groups is 1. The Kier molecular flexibility index (Phi) is 5.62. The van der Waals surface area contributed by atoms with Gasteiger partial charge in [0.2, 0.25) is 10.0 Å². The van der Waals surface area contributed by atoms with Crippen molar-refractivity contribution in [2.24, 2.45) is 0 Å². The third-order valence-electron chi connectivity index (χ3n) is 3.09. The molecular weight excluding hydrogens is 364 g/mol. The Labute approximate surface area is 149 Å². The lowest BCUT2D eigenvalue weighted by Crippen LogP contribution is -2.19. The Hall–Kier alpha value is -3.34. The lowest BCUT2D eigenvalue weighted by molar-refractivity contribution is -0.384. The Balaban J connectivity index is 2.06. The monoisotopic (exact) mass is 380 g/mol. The number of rotatable bonds is 6. The van der Waals surface area contributed by atoms with E-state index in [-0.39, 0.29) is 17.1 Å². The van der Waals surface area contributed by atoms with E-state index in [1.807, 2.05) is 0 Å². The number of methoxy groups -OCH3 is 1. The number of carbonyl (C=O) groups excluding carboxylic acids is 1. The highest BCUT2D eigenvalue weighted by molar-refractivity contribution is 7.92. The normalized spacial score (nSPS) is 10.7. The van der Waals surface area contributed by atoms with Gasteiger partial charge in [0.1, 0.15) is 5.75 Å². The van der Waals surface area contributed by atoms with Gasteiger partial charge in [-0.2, -0.15) is 0 Å². The molecule has 2 aromatic carbocycles. The molecule has 10 nitrogen and oxygen atoms in total. The summed E-state index contributed by atoms with van der Waals surface area (Å²) in [5, 5.41) is 15.8. The van der Waals surface area contributed by atoms with Crippen LogP contribution in [0.1, 0.15) is 0 Å². The molecule has 0 aliphatic heterocycles. The van der Waals surface area contributed by atoms with Gasteiger partial charge in [-0.15, -0.1) is 0 Å². The van der Waals surface area contributed by atoms with Crippen molar-refractivity contribution < 1.29 is 22.9 Å². The van der Waals surface area contributed by atoms with E-state index >= 15 is 0 Å². The van der Waals surface area contributed by atoms with Gasteiger partial charge in [0, 0.05) is 17.4 Å². The molecule has 0 radical (unpaired) electrons. The van der Waals surface area contributed by atoms with Crippen molar-refractivity contribution >= 4 is 38.8 Å². The molecule has 0 aromatic heterocycles. The Bertz CT molecular complexity index is 928. The summed E-state index contributed by atoms with van der Waals surface area (Å²) in [6.45, 7) is 0. The summed E-state index contributed by atoms with van der Waals surface area (Å²) in [6, 6.07) is 9.20. The Morgan fingerprint density at radius 3 is 2.23 bits per heavy atom. The summed E-state index contributed by atoms with van der Waals surface area (Å²) in [5.41, 5.74) is 0.866. The van der Waals surface area contributed by atoms with Gasteiger partial charge >= 0.3 is 6.03 Å². The molecule has 2 rings (SSSR count).